The zero-order valence-electron chi connectivity index (χ0n) is 16.5. The first kappa shape index (κ1) is 21.9. The van der Waals surface area contributed by atoms with E-state index in [1.807, 2.05) is 40.6 Å². The van der Waals surface area contributed by atoms with Crippen LogP contribution >= 0.6 is 11.3 Å². The zero-order chi connectivity index (χ0) is 21.5. The summed E-state index contributed by atoms with van der Waals surface area (Å²) in [6.45, 7) is 0.849. The number of fused-ring (bicyclic) bond motifs is 1. The first-order chi connectivity index (χ1) is 14.5. The van der Waals surface area contributed by atoms with Gasteiger partial charge in [-0.25, -0.2) is 4.98 Å². The summed E-state index contributed by atoms with van der Waals surface area (Å²) >= 11 is 1.55. The van der Waals surface area contributed by atoms with Crippen molar-refractivity contribution in [3.8, 4) is 10.6 Å². The highest BCUT2D eigenvalue weighted by atomic mass is 32.1. The number of morpholine rings is 1. The second kappa shape index (κ2) is 10.3. The highest BCUT2D eigenvalue weighted by molar-refractivity contribution is 7.13. The number of hydrogen-bond acceptors (Lipinski definition) is 6. The van der Waals surface area contributed by atoms with E-state index in [-0.39, 0.29) is 42.8 Å². The molecule has 3 N–H and O–H groups in total. The lowest BCUT2D eigenvalue weighted by Gasteiger charge is -2.45. The van der Waals surface area contributed by atoms with Gasteiger partial charge in [-0.3, -0.25) is 14.4 Å². The summed E-state index contributed by atoms with van der Waals surface area (Å²) in [4.78, 5) is 39.4. The summed E-state index contributed by atoms with van der Waals surface area (Å²) in [5.41, 5.74) is 7.35. The average Bonchev–Trinajstić information content (AvgIpc) is 3.22. The van der Waals surface area contributed by atoms with Gasteiger partial charge in [-0.2, -0.15) is 0 Å². The predicted molar refractivity (Wildman–Crippen MR) is 112 cm³/mol. The van der Waals surface area contributed by atoms with E-state index in [4.69, 9.17) is 20.4 Å². The topological polar surface area (TPSA) is 123 Å². The number of nitrogens with two attached hydrogens (primary N) is 1. The van der Waals surface area contributed by atoms with Gasteiger partial charge in [-0.05, 0) is 19.3 Å². The third-order valence-electron chi connectivity index (χ3n) is 5.45. The Morgan fingerprint density at radius 1 is 1.30 bits per heavy atom. The molecule has 4 rings (SSSR count). The van der Waals surface area contributed by atoms with Gasteiger partial charge in [0, 0.05) is 23.4 Å². The standard InChI is InChI=1S/C20H23N3O3S.CH2O2/c21-19(25)14-6-7-17-16(10-14)23(8-9-26-17)18(24)11-15-12-27-20(22-15)13-4-2-1-3-5-13;2-1-3/h1-5,12,14,16-17H,6-11H2,(H2,21,25);1H,(H,2,3)/t14-,16+,17+;/m0./s1. The molecule has 2 amide bonds. The molecule has 2 aromatic rings. The number of carbonyl (C=O) groups excluding carboxylic acids is 2. The van der Waals surface area contributed by atoms with Crippen LogP contribution in [0.3, 0.4) is 0 Å². The zero-order valence-corrected chi connectivity index (χ0v) is 17.3. The van der Waals surface area contributed by atoms with Crippen molar-refractivity contribution in [1.29, 1.82) is 0 Å². The first-order valence-corrected chi connectivity index (χ1v) is 10.7. The van der Waals surface area contributed by atoms with E-state index in [1.165, 1.54) is 0 Å². The number of nitrogens with zero attached hydrogens (tertiary/aromatic N) is 2. The van der Waals surface area contributed by atoms with E-state index in [0.29, 0.717) is 19.6 Å². The summed E-state index contributed by atoms with van der Waals surface area (Å²) in [5.74, 6) is -0.408. The quantitative estimate of drug-likeness (QED) is 0.713. The number of hydrogen-bond donors (Lipinski definition) is 2. The van der Waals surface area contributed by atoms with Crippen molar-refractivity contribution in [3.05, 3.63) is 41.4 Å². The highest BCUT2D eigenvalue weighted by Crippen LogP contribution is 2.32. The maximum atomic E-state index is 13.0. The molecule has 2 aliphatic rings. The Kier molecular flexibility index (Phi) is 7.53. The number of carbonyl (C=O) groups is 3. The number of primary amides is 1. The van der Waals surface area contributed by atoms with Gasteiger partial charge in [-0.1, -0.05) is 30.3 Å². The Bertz CT molecular complexity index is 873. The van der Waals surface area contributed by atoms with Crippen LogP contribution in [0.4, 0.5) is 0 Å². The third kappa shape index (κ3) is 5.22. The Hall–Kier alpha value is -2.78. The molecule has 160 valence electrons. The molecule has 8 nitrogen and oxygen atoms in total. The number of amides is 2. The lowest BCUT2D eigenvalue weighted by Crippen LogP contribution is -2.57. The number of rotatable bonds is 4. The van der Waals surface area contributed by atoms with Crippen LogP contribution in [0.5, 0.6) is 0 Å². The fourth-order valence-corrected chi connectivity index (χ4v) is 4.86. The van der Waals surface area contributed by atoms with Crippen LogP contribution in [0.25, 0.3) is 10.6 Å². The van der Waals surface area contributed by atoms with Crippen LogP contribution in [-0.2, 0) is 25.5 Å². The largest absolute Gasteiger partial charge is 0.483 e. The van der Waals surface area contributed by atoms with E-state index in [0.717, 1.165) is 29.1 Å². The average molecular weight is 432 g/mol. The Balaban J connectivity index is 0.000000806. The molecule has 1 saturated heterocycles. The van der Waals surface area contributed by atoms with Crippen LogP contribution in [-0.4, -0.2) is 58.6 Å². The van der Waals surface area contributed by atoms with Crippen LogP contribution in [0, 0.1) is 5.92 Å². The van der Waals surface area contributed by atoms with Crippen molar-refractivity contribution in [2.45, 2.75) is 37.8 Å². The van der Waals surface area contributed by atoms with Gasteiger partial charge in [0.25, 0.3) is 6.47 Å². The molecular weight excluding hydrogens is 406 g/mol. The van der Waals surface area contributed by atoms with Crippen molar-refractivity contribution < 1.29 is 24.2 Å². The van der Waals surface area contributed by atoms with Gasteiger partial charge in [-0.15, -0.1) is 11.3 Å². The first-order valence-electron chi connectivity index (χ1n) is 9.81. The molecule has 1 aliphatic heterocycles. The molecular formula is C21H25N3O5S. The maximum absolute atomic E-state index is 13.0. The SMILES string of the molecule is NC(=O)[C@H]1CC[C@H]2OCCN(C(=O)Cc3csc(-c4ccccc4)n3)[C@@H]2C1.O=CO. The molecule has 0 unspecified atom stereocenters. The Morgan fingerprint density at radius 3 is 2.73 bits per heavy atom. The maximum Gasteiger partial charge on any atom is 0.290 e. The third-order valence-corrected chi connectivity index (χ3v) is 6.39. The normalized spacial score (nSPS) is 22.9. The number of ether oxygens (including phenoxy) is 1. The van der Waals surface area contributed by atoms with Crippen molar-refractivity contribution in [2.75, 3.05) is 13.2 Å². The van der Waals surface area contributed by atoms with Gasteiger partial charge in [0.2, 0.25) is 11.8 Å². The van der Waals surface area contributed by atoms with Gasteiger partial charge in [0.15, 0.2) is 0 Å². The molecule has 1 saturated carbocycles. The summed E-state index contributed by atoms with van der Waals surface area (Å²) in [7, 11) is 0. The Labute approximate surface area is 178 Å². The molecule has 30 heavy (non-hydrogen) atoms. The molecule has 3 atom stereocenters. The van der Waals surface area contributed by atoms with E-state index in [9.17, 15) is 9.59 Å². The summed E-state index contributed by atoms with van der Waals surface area (Å²) in [6, 6.07) is 9.90. The van der Waals surface area contributed by atoms with Crippen molar-refractivity contribution in [2.24, 2.45) is 11.7 Å². The Morgan fingerprint density at radius 2 is 2.03 bits per heavy atom. The lowest BCUT2D eigenvalue weighted by molar-refractivity contribution is -0.153. The van der Waals surface area contributed by atoms with Gasteiger partial charge in [0.05, 0.1) is 30.9 Å². The minimum atomic E-state index is -0.279. The monoisotopic (exact) mass is 431 g/mol. The second-order valence-corrected chi connectivity index (χ2v) is 8.13. The number of thiazole rings is 1. The minimum Gasteiger partial charge on any atom is -0.483 e. The van der Waals surface area contributed by atoms with Crippen LogP contribution in [0.2, 0.25) is 0 Å². The predicted octanol–water partition coefficient (Wildman–Crippen LogP) is 1.93. The van der Waals surface area contributed by atoms with Crippen molar-refractivity contribution in [3.63, 3.8) is 0 Å². The second-order valence-electron chi connectivity index (χ2n) is 7.27. The molecule has 9 heteroatoms. The summed E-state index contributed by atoms with van der Waals surface area (Å²) < 4.78 is 5.84. The molecule has 2 heterocycles. The highest BCUT2D eigenvalue weighted by Gasteiger charge is 2.41. The van der Waals surface area contributed by atoms with Crippen LogP contribution in [0.15, 0.2) is 35.7 Å². The molecule has 1 aromatic heterocycles. The fourth-order valence-electron chi connectivity index (χ4n) is 4.04. The van der Waals surface area contributed by atoms with E-state index < -0.39 is 0 Å². The molecule has 1 aliphatic carbocycles. The molecule has 2 fully saturated rings. The van der Waals surface area contributed by atoms with Gasteiger partial charge >= 0.3 is 0 Å². The molecule has 0 spiro atoms. The van der Waals surface area contributed by atoms with E-state index in [1.54, 1.807) is 11.3 Å². The smallest absolute Gasteiger partial charge is 0.290 e. The molecule has 0 radical (unpaired) electrons. The number of benzene rings is 1. The number of aromatic nitrogens is 1. The molecule has 0 bridgehead atoms. The lowest BCUT2D eigenvalue weighted by atomic mass is 9.81. The van der Waals surface area contributed by atoms with Crippen molar-refractivity contribution in [1.82, 2.24) is 9.88 Å². The minimum absolute atomic E-state index is 0.00798. The van der Waals surface area contributed by atoms with Crippen molar-refractivity contribution >= 4 is 29.6 Å². The van der Waals surface area contributed by atoms with Crippen LogP contribution < -0.4 is 5.73 Å². The fraction of sp³-hybridized carbons (Fsp3) is 0.429. The van der Waals surface area contributed by atoms with E-state index >= 15 is 0 Å². The molecule has 1 aromatic carbocycles. The summed E-state index contributed by atoms with van der Waals surface area (Å²) in [5, 5.41) is 9.76. The van der Waals surface area contributed by atoms with E-state index in [2.05, 4.69) is 4.98 Å². The van der Waals surface area contributed by atoms with Gasteiger partial charge < -0.3 is 20.5 Å². The summed E-state index contributed by atoms with van der Waals surface area (Å²) in [6.07, 6.45) is 2.39. The van der Waals surface area contributed by atoms with Crippen LogP contribution in [0.1, 0.15) is 25.0 Å². The number of carboxylic acid groups (broad SMARTS) is 1. The van der Waals surface area contributed by atoms with Gasteiger partial charge in [0.1, 0.15) is 5.01 Å².